The molecule has 3 nitrogen and oxygen atoms in total. The van der Waals surface area contributed by atoms with Gasteiger partial charge in [0.25, 0.3) is 5.91 Å². The summed E-state index contributed by atoms with van der Waals surface area (Å²) in [6.45, 7) is 0.184. The van der Waals surface area contributed by atoms with Gasteiger partial charge in [-0.15, -0.1) is 0 Å². The molecule has 0 unspecified atom stereocenters. The number of aromatic nitrogens is 1. The number of nitrogens with one attached hydrogen (secondary N) is 1. The van der Waals surface area contributed by atoms with E-state index in [1.807, 2.05) is 30.3 Å². The molecule has 1 aromatic heterocycles. The zero-order chi connectivity index (χ0) is 21.1. The summed E-state index contributed by atoms with van der Waals surface area (Å²) in [5.74, 6) is -0.658. The standard InChI is InChI=1S/C24H17F3N2O/c25-24(26,27)22-19-14-8-7-13-18(19)20(17-11-5-2-6-12-17)21(29-22)23(30)28-15-16-9-3-1-4-10-16/h1-14H,15H2,(H,28,30). The number of hydrogen-bond acceptors (Lipinski definition) is 2. The second-order valence-corrected chi connectivity index (χ2v) is 6.76. The highest BCUT2D eigenvalue weighted by molar-refractivity contribution is 6.09. The number of nitrogens with zero attached hydrogens (tertiary/aromatic N) is 1. The molecule has 1 N–H and O–H groups in total. The molecule has 4 aromatic rings. The van der Waals surface area contributed by atoms with E-state index in [0.717, 1.165) is 5.56 Å². The van der Waals surface area contributed by atoms with E-state index in [4.69, 9.17) is 0 Å². The molecule has 0 aliphatic rings. The van der Waals surface area contributed by atoms with Crippen molar-refractivity contribution in [1.82, 2.24) is 10.3 Å². The van der Waals surface area contributed by atoms with Crippen molar-refractivity contribution in [1.29, 1.82) is 0 Å². The molecule has 0 bridgehead atoms. The third-order valence-corrected chi connectivity index (χ3v) is 4.75. The van der Waals surface area contributed by atoms with Gasteiger partial charge in [0.2, 0.25) is 0 Å². The minimum absolute atomic E-state index is 0.0385. The van der Waals surface area contributed by atoms with Gasteiger partial charge in [-0.3, -0.25) is 4.79 Å². The van der Waals surface area contributed by atoms with Gasteiger partial charge in [0.15, 0.2) is 5.69 Å². The number of alkyl halides is 3. The molecular weight excluding hydrogens is 389 g/mol. The first kappa shape index (κ1) is 19.6. The summed E-state index contributed by atoms with van der Waals surface area (Å²) in [6.07, 6.45) is -4.69. The van der Waals surface area contributed by atoms with Gasteiger partial charge in [-0.25, -0.2) is 4.98 Å². The predicted molar refractivity (Wildman–Crippen MR) is 110 cm³/mol. The normalized spacial score (nSPS) is 11.4. The first-order chi connectivity index (χ1) is 14.4. The molecule has 0 radical (unpaired) electrons. The fourth-order valence-electron chi connectivity index (χ4n) is 3.40. The second kappa shape index (κ2) is 7.99. The Bertz CT molecular complexity index is 1190. The van der Waals surface area contributed by atoms with Gasteiger partial charge in [0.1, 0.15) is 5.69 Å². The van der Waals surface area contributed by atoms with Crippen molar-refractivity contribution in [3.8, 4) is 11.1 Å². The summed E-state index contributed by atoms with van der Waals surface area (Å²) < 4.78 is 41.3. The number of carbonyl (C=O) groups excluding carboxylic acids is 1. The summed E-state index contributed by atoms with van der Waals surface area (Å²) >= 11 is 0. The smallest absolute Gasteiger partial charge is 0.347 e. The van der Waals surface area contributed by atoms with Crippen LogP contribution in [0.5, 0.6) is 0 Å². The molecule has 30 heavy (non-hydrogen) atoms. The molecule has 0 saturated heterocycles. The highest BCUT2D eigenvalue weighted by atomic mass is 19.4. The van der Waals surface area contributed by atoms with Crippen molar-refractivity contribution in [2.45, 2.75) is 12.7 Å². The lowest BCUT2D eigenvalue weighted by Crippen LogP contribution is -2.26. The monoisotopic (exact) mass is 406 g/mol. The Morgan fingerprint density at radius 3 is 2.00 bits per heavy atom. The summed E-state index contributed by atoms with van der Waals surface area (Å²) in [5, 5.41) is 2.99. The molecule has 0 atom stereocenters. The predicted octanol–water partition coefficient (Wildman–Crippen LogP) is 5.85. The molecule has 1 heterocycles. The van der Waals surface area contributed by atoms with E-state index in [-0.39, 0.29) is 17.6 Å². The van der Waals surface area contributed by atoms with Crippen molar-refractivity contribution in [2.24, 2.45) is 0 Å². The molecule has 0 spiro atoms. The van der Waals surface area contributed by atoms with Gasteiger partial charge in [0, 0.05) is 17.5 Å². The Kier molecular flexibility index (Phi) is 5.23. The van der Waals surface area contributed by atoms with E-state index in [9.17, 15) is 18.0 Å². The Labute approximate surface area is 171 Å². The van der Waals surface area contributed by atoms with Crippen molar-refractivity contribution in [3.63, 3.8) is 0 Å². The van der Waals surface area contributed by atoms with Crippen LogP contribution in [0.3, 0.4) is 0 Å². The Hall–Kier alpha value is -3.67. The quantitative estimate of drug-likeness (QED) is 0.462. The van der Waals surface area contributed by atoms with Crippen LogP contribution in [-0.4, -0.2) is 10.9 Å². The zero-order valence-electron chi connectivity index (χ0n) is 15.8. The summed E-state index contributed by atoms with van der Waals surface area (Å²) in [5.41, 5.74) is 0.527. The molecule has 0 fully saturated rings. The van der Waals surface area contributed by atoms with E-state index < -0.39 is 17.8 Å². The minimum atomic E-state index is -4.69. The van der Waals surface area contributed by atoms with Crippen LogP contribution in [0.2, 0.25) is 0 Å². The third kappa shape index (κ3) is 3.89. The van der Waals surface area contributed by atoms with Gasteiger partial charge < -0.3 is 5.32 Å². The van der Waals surface area contributed by atoms with Crippen LogP contribution >= 0.6 is 0 Å². The summed E-state index contributed by atoms with van der Waals surface area (Å²) in [4.78, 5) is 16.8. The van der Waals surface area contributed by atoms with E-state index in [1.54, 1.807) is 42.5 Å². The molecule has 0 saturated carbocycles. The van der Waals surface area contributed by atoms with Crippen molar-refractivity contribution >= 4 is 16.7 Å². The summed E-state index contributed by atoms with van der Waals surface area (Å²) in [7, 11) is 0. The average Bonchev–Trinajstić information content (AvgIpc) is 2.77. The maximum absolute atomic E-state index is 13.8. The third-order valence-electron chi connectivity index (χ3n) is 4.75. The SMILES string of the molecule is O=C(NCc1ccccc1)c1nc(C(F)(F)F)c2ccccc2c1-c1ccccc1. The molecule has 0 aliphatic carbocycles. The molecule has 1 amide bonds. The Balaban J connectivity index is 1.89. The fourth-order valence-corrected chi connectivity index (χ4v) is 3.40. The van der Waals surface area contributed by atoms with Gasteiger partial charge >= 0.3 is 6.18 Å². The molecule has 150 valence electrons. The topological polar surface area (TPSA) is 42.0 Å². The second-order valence-electron chi connectivity index (χ2n) is 6.76. The average molecular weight is 406 g/mol. The number of benzene rings is 3. The number of carbonyl (C=O) groups is 1. The largest absolute Gasteiger partial charge is 0.433 e. The first-order valence-electron chi connectivity index (χ1n) is 9.32. The molecule has 3 aromatic carbocycles. The van der Waals surface area contributed by atoms with Crippen molar-refractivity contribution in [3.05, 3.63) is 102 Å². The maximum atomic E-state index is 13.8. The lowest BCUT2D eigenvalue weighted by atomic mass is 9.95. The lowest BCUT2D eigenvalue weighted by molar-refractivity contribution is -0.139. The number of amides is 1. The van der Waals surface area contributed by atoms with Gasteiger partial charge in [-0.2, -0.15) is 13.2 Å². The Morgan fingerprint density at radius 1 is 0.800 bits per heavy atom. The van der Waals surface area contributed by atoms with Crippen molar-refractivity contribution < 1.29 is 18.0 Å². The molecule has 0 aliphatic heterocycles. The Morgan fingerprint density at radius 2 is 1.37 bits per heavy atom. The number of fused-ring (bicyclic) bond motifs is 1. The van der Waals surface area contributed by atoms with E-state index in [1.165, 1.54) is 12.1 Å². The van der Waals surface area contributed by atoms with Crippen molar-refractivity contribution in [2.75, 3.05) is 0 Å². The maximum Gasteiger partial charge on any atom is 0.433 e. The van der Waals surface area contributed by atoms with Gasteiger partial charge in [-0.05, 0) is 16.5 Å². The minimum Gasteiger partial charge on any atom is -0.347 e. The molecule has 4 rings (SSSR count). The van der Waals surface area contributed by atoms with Crippen LogP contribution in [0, 0.1) is 0 Å². The van der Waals surface area contributed by atoms with Crippen LogP contribution in [-0.2, 0) is 12.7 Å². The first-order valence-corrected chi connectivity index (χ1v) is 9.32. The van der Waals surface area contributed by atoms with Crippen LogP contribution in [0.25, 0.3) is 21.9 Å². The number of hydrogen-bond donors (Lipinski definition) is 1. The highest BCUT2D eigenvalue weighted by Gasteiger charge is 2.37. The van der Waals surface area contributed by atoms with Crippen LogP contribution in [0.15, 0.2) is 84.9 Å². The number of halogens is 3. The van der Waals surface area contributed by atoms with E-state index in [2.05, 4.69) is 10.3 Å². The molecular formula is C24H17F3N2O. The highest BCUT2D eigenvalue weighted by Crippen LogP contribution is 2.39. The number of pyridine rings is 1. The lowest BCUT2D eigenvalue weighted by Gasteiger charge is -2.17. The van der Waals surface area contributed by atoms with E-state index >= 15 is 0 Å². The van der Waals surface area contributed by atoms with Crippen LogP contribution in [0.4, 0.5) is 13.2 Å². The van der Waals surface area contributed by atoms with Crippen LogP contribution < -0.4 is 5.32 Å². The fraction of sp³-hybridized carbons (Fsp3) is 0.0833. The van der Waals surface area contributed by atoms with Gasteiger partial charge in [-0.1, -0.05) is 84.9 Å². The van der Waals surface area contributed by atoms with E-state index in [0.29, 0.717) is 16.5 Å². The summed E-state index contributed by atoms with van der Waals surface area (Å²) in [6, 6.07) is 24.2. The van der Waals surface area contributed by atoms with Gasteiger partial charge in [0.05, 0.1) is 0 Å². The number of rotatable bonds is 4. The zero-order valence-corrected chi connectivity index (χ0v) is 15.8. The molecule has 6 heteroatoms. The van der Waals surface area contributed by atoms with Crippen LogP contribution in [0.1, 0.15) is 21.7 Å².